The van der Waals surface area contributed by atoms with Crippen molar-refractivity contribution in [2.45, 2.75) is 13.0 Å². The van der Waals surface area contributed by atoms with Crippen LogP contribution in [-0.2, 0) is 13.0 Å². The van der Waals surface area contributed by atoms with Gasteiger partial charge in [0.05, 0.1) is 17.1 Å². The van der Waals surface area contributed by atoms with E-state index in [1.807, 2.05) is 35.7 Å². The van der Waals surface area contributed by atoms with E-state index in [0.29, 0.717) is 30.5 Å². The first kappa shape index (κ1) is 19.6. The number of oxazole rings is 1. The van der Waals surface area contributed by atoms with Gasteiger partial charge in [-0.3, -0.25) is 9.79 Å². The summed E-state index contributed by atoms with van der Waals surface area (Å²) in [6.07, 6.45) is 2.43. The van der Waals surface area contributed by atoms with E-state index in [4.69, 9.17) is 4.42 Å². The van der Waals surface area contributed by atoms with Gasteiger partial charge in [0.25, 0.3) is 5.91 Å². The predicted octanol–water partition coefficient (Wildman–Crippen LogP) is 2.67. The fraction of sp³-hybridized carbons (Fsp3) is 0.250. The maximum atomic E-state index is 11.7. The van der Waals surface area contributed by atoms with Crippen molar-refractivity contribution < 1.29 is 9.21 Å². The van der Waals surface area contributed by atoms with Crippen LogP contribution in [0.5, 0.6) is 0 Å². The molecule has 7 nitrogen and oxygen atoms in total. The van der Waals surface area contributed by atoms with Gasteiger partial charge in [0.2, 0.25) is 5.89 Å². The number of carbonyl (C=O) groups is 1. The molecule has 3 N–H and O–H groups in total. The van der Waals surface area contributed by atoms with Crippen LogP contribution in [0.15, 0.2) is 57.5 Å². The van der Waals surface area contributed by atoms with Gasteiger partial charge in [0.1, 0.15) is 6.26 Å². The van der Waals surface area contributed by atoms with Crippen LogP contribution >= 0.6 is 11.3 Å². The van der Waals surface area contributed by atoms with E-state index < -0.39 is 0 Å². The number of thiophene rings is 1. The number of hydrogen-bond donors (Lipinski definition) is 3. The van der Waals surface area contributed by atoms with Gasteiger partial charge in [-0.2, -0.15) is 0 Å². The Balaban J connectivity index is 1.47. The first-order valence-corrected chi connectivity index (χ1v) is 9.81. The smallest absolute Gasteiger partial charge is 0.251 e. The molecule has 0 aliphatic heterocycles. The normalized spacial score (nSPS) is 11.3. The summed E-state index contributed by atoms with van der Waals surface area (Å²) in [6, 6.07) is 11.6. The Morgan fingerprint density at radius 3 is 2.89 bits per heavy atom. The van der Waals surface area contributed by atoms with Gasteiger partial charge in [-0.25, -0.2) is 4.98 Å². The second-order valence-corrected chi connectivity index (χ2v) is 6.95. The summed E-state index contributed by atoms with van der Waals surface area (Å²) in [7, 11) is 3.35. The summed E-state index contributed by atoms with van der Waals surface area (Å²) in [6.45, 7) is 1.21. The van der Waals surface area contributed by atoms with E-state index in [9.17, 15) is 4.79 Å². The Hall–Kier alpha value is -3.13. The number of aromatic nitrogens is 1. The van der Waals surface area contributed by atoms with Crippen molar-refractivity contribution in [2.24, 2.45) is 4.99 Å². The lowest BCUT2D eigenvalue weighted by molar-refractivity contribution is 0.0963. The van der Waals surface area contributed by atoms with Gasteiger partial charge >= 0.3 is 0 Å². The molecule has 0 aliphatic rings. The Morgan fingerprint density at radius 2 is 2.14 bits per heavy atom. The first-order valence-electron chi connectivity index (χ1n) is 8.93. The highest BCUT2D eigenvalue weighted by Gasteiger charge is 2.08. The van der Waals surface area contributed by atoms with E-state index in [0.717, 1.165) is 22.6 Å². The molecule has 0 aliphatic carbocycles. The zero-order chi connectivity index (χ0) is 19.8. The van der Waals surface area contributed by atoms with Crippen molar-refractivity contribution in [1.82, 2.24) is 20.9 Å². The highest BCUT2D eigenvalue weighted by atomic mass is 32.1. The Morgan fingerprint density at radius 1 is 1.25 bits per heavy atom. The quantitative estimate of drug-likeness (QED) is 0.421. The van der Waals surface area contributed by atoms with Crippen LogP contribution in [0.25, 0.3) is 10.8 Å². The average molecular weight is 398 g/mol. The molecule has 0 saturated heterocycles. The zero-order valence-corrected chi connectivity index (χ0v) is 16.7. The predicted molar refractivity (Wildman–Crippen MR) is 112 cm³/mol. The van der Waals surface area contributed by atoms with Crippen LogP contribution < -0.4 is 16.0 Å². The monoisotopic (exact) mass is 397 g/mol. The van der Waals surface area contributed by atoms with Crippen LogP contribution in [0.2, 0.25) is 0 Å². The van der Waals surface area contributed by atoms with Crippen molar-refractivity contribution >= 4 is 23.2 Å². The van der Waals surface area contributed by atoms with Gasteiger partial charge < -0.3 is 20.4 Å². The largest absolute Gasteiger partial charge is 0.443 e. The van der Waals surface area contributed by atoms with Crippen molar-refractivity contribution in [2.75, 3.05) is 20.6 Å². The number of benzene rings is 1. The lowest BCUT2D eigenvalue weighted by Crippen LogP contribution is -2.37. The molecular formula is C20H23N5O2S. The van der Waals surface area contributed by atoms with E-state index in [-0.39, 0.29) is 5.91 Å². The highest BCUT2D eigenvalue weighted by molar-refractivity contribution is 7.13. The summed E-state index contributed by atoms with van der Waals surface area (Å²) >= 11 is 1.59. The molecule has 1 aromatic carbocycles. The summed E-state index contributed by atoms with van der Waals surface area (Å²) < 4.78 is 5.52. The van der Waals surface area contributed by atoms with E-state index >= 15 is 0 Å². The first-order chi connectivity index (χ1) is 13.7. The van der Waals surface area contributed by atoms with Crippen molar-refractivity contribution in [3.8, 4) is 10.8 Å². The molecule has 1 amide bonds. The third-order valence-corrected chi connectivity index (χ3v) is 4.92. The Labute approximate surface area is 167 Å². The third-order valence-electron chi connectivity index (χ3n) is 4.07. The van der Waals surface area contributed by atoms with Gasteiger partial charge in [0.15, 0.2) is 5.96 Å². The number of rotatable bonds is 7. The molecule has 0 radical (unpaired) electrons. The van der Waals surface area contributed by atoms with Crippen LogP contribution in [0.3, 0.4) is 0 Å². The third kappa shape index (κ3) is 5.20. The molecule has 0 bridgehead atoms. The van der Waals surface area contributed by atoms with E-state index in [2.05, 4.69) is 25.9 Å². The molecule has 146 valence electrons. The van der Waals surface area contributed by atoms with Crippen molar-refractivity contribution in [3.05, 3.63) is 64.9 Å². The molecular weight excluding hydrogens is 374 g/mol. The standard InChI is InChI=1S/C20H23N5O2S/c1-21-18(26)15-6-3-5-14(11-15)8-9-23-20(22-2)24-12-16-13-27-19(25-16)17-7-4-10-28-17/h3-7,10-11,13H,8-9,12H2,1-2H3,(H,21,26)(H2,22,23,24). The minimum Gasteiger partial charge on any atom is -0.443 e. The second-order valence-electron chi connectivity index (χ2n) is 6.00. The van der Waals surface area contributed by atoms with E-state index in [1.165, 1.54) is 0 Å². The number of carbonyl (C=O) groups excluding carboxylic acids is 1. The number of hydrogen-bond acceptors (Lipinski definition) is 5. The molecule has 3 rings (SSSR count). The van der Waals surface area contributed by atoms with Crippen molar-refractivity contribution in [3.63, 3.8) is 0 Å². The number of aliphatic imine (C=N–C) groups is 1. The molecule has 28 heavy (non-hydrogen) atoms. The minimum absolute atomic E-state index is 0.0817. The summed E-state index contributed by atoms with van der Waals surface area (Å²) in [5.41, 5.74) is 2.56. The molecule has 8 heteroatoms. The maximum Gasteiger partial charge on any atom is 0.251 e. The van der Waals surface area contributed by atoms with Crippen LogP contribution in [0, 0.1) is 0 Å². The number of amides is 1. The SMILES string of the molecule is CN=C(NCCc1cccc(C(=O)NC)c1)NCc1coc(-c2cccs2)n1. The molecule has 2 aromatic heterocycles. The maximum absolute atomic E-state index is 11.7. The van der Waals surface area contributed by atoms with Gasteiger partial charge in [-0.1, -0.05) is 18.2 Å². The molecule has 0 atom stereocenters. The highest BCUT2D eigenvalue weighted by Crippen LogP contribution is 2.23. The fourth-order valence-corrected chi connectivity index (χ4v) is 3.29. The zero-order valence-electron chi connectivity index (χ0n) is 15.9. The molecule has 0 saturated carbocycles. The van der Waals surface area contributed by atoms with Gasteiger partial charge in [-0.05, 0) is 35.6 Å². The second kappa shape index (κ2) is 9.70. The lowest BCUT2D eigenvalue weighted by atomic mass is 10.1. The molecule has 2 heterocycles. The lowest BCUT2D eigenvalue weighted by Gasteiger charge is -2.11. The molecule has 0 fully saturated rings. The van der Waals surface area contributed by atoms with Crippen molar-refractivity contribution in [1.29, 1.82) is 0 Å². The topological polar surface area (TPSA) is 91.5 Å². The number of guanidine groups is 1. The molecule has 3 aromatic rings. The summed E-state index contributed by atoms with van der Waals surface area (Å²) in [4.78, 5) is 21.4. The van der Waals surface area contributed by atoms with Gasteiger partial charge in [0, 0.05) is 26.2 Å². The Bertz CT molecular complexity index is 934. The van der Waals surface area contributed by atoms with Crippen LogP contribution in [-0.4, -0.2) is 37.5 Å². The van der Waals surface area contributed by atoms with Gasteiger partial charge in [-0.15, -0.1) is 11.3 Å². The molecule has 0 unspecified atom stereocenters. The Kier molecular flexibility index (Phi) is 6.80. The van der Waals surface area contributed by atoms with E-state index in [1.54, 1.807) is 37.8 Å². The minimum atomic E-state index is -0.0817. The number of nitrogens with zero attached hydrogens (tertiary/aromatic N) is 2. The van der Waals surface area contributed by atoms with Crippen LogP contribution in [0.1, 0.15) is 21.6 Å². The molecule has 0 spiro atoms. The van der Waals surface area contributed by atoms with Crippen LogP contribution in [0.4, 0.5) is 0 Å². The average Bonchev–Trinajstić information content (AvgIpc) is 3.42. The summed E-state index contributed by atoms with van der Waals surface area (Å²) in [5, 5.41) is 11.1. The summed E-state index contributed by atoms with van der Waals surface area (Å²) in [5.74, 6) is 1.23. The number of nitrogens with one attached hydrogen (secondary N) is 3. The fourth-order valence-electron chi connectivity index (χ4n) is 2.63.